The summed E-state index contributed by atoms with van der Waals surface area (Å²) >= 11 is 0. The Bertz CT molecular complexity index is 960. The van der Waals surface area contributed by atoms with E-state index >= 15 is 0 Å². The van der Waals surface area contributed by atoms with Crippen LogP contribution in [0.4, 0.5) is 16.4 Å². The van der Waals surface area contributed by atoms with Gasteiger partial charge in [-0.1, -0.05) is 0 Å². The van der Waals surface area contributed by atoms with Gasteiger partial charge in [-0.2, -0.15) is 5.26 Å². The van der Waals surface area contributed by atoms with Gasteiger partial charge in [0.1, 0.15) is 29.0 Å². The van der Waals surface area contributed by atoms with Crippen molar-refractivity contribution < 1.29 is 9.53 Å². The summed E-state index contributed by atoms with van der Waals surface area (Å²) < 4.78 is 5.51. The van der Waals surface area contributed by atoms with Gasteiger partial charge in [-0.3, -0.25) is 0 Å². The van der Waals surface area contributed by atoms with Gasteiger partial charge in [-0.15, -0.1) is 0 Å². The van der Waals surface area contributed by atoms with Crippen LogP contribution in [0.25, 0.3) is 10.8 Å². The number of carbonyl (C=O) groups excluding carboxylic acids is 1. The Morgan fingerprint density at radius 2 is 2.13 bits per heavy atom. The van der Waals surface area contributed by atoms with Crippen molar-refractivity contribution in [1.82, 2.24) is 14.9 Å². The minimum atomic E-state index is -0.507. The van der Waals surface area contributed by atoms with Crippen LogP contribution in [0.15, 0.2) is 18.3 Å². The summed E-state index contributed by atoms with van der Waals surface area (Å²) in [4.78, 5) is 23.1. The maximum absolute atomic E-state index is 12.4. The van der Waals surface area contributed by atoms with E-state index in [1.54, 1.807) is 17.2 Å². The highest BCUT2D eigenvalue weighted by Gasteiger charge is 2.27. The Morgan fingerprint density at radius 1 is 1.37 bits per heavy atom. The van der Waals surface area contributed by atoms with Gasteiger partial charge in [-0.05, 0) is 59.6 Å². The number of amides is 1. The minimum absolute atomic E-state index is 0.0871. The van der Waals surface area contributed by atoms with E-state index < -0.39 is 5.60 Å². The number of anilines is 2. The summed E-state index contributed by atoms with van der Waals surface area (Å²) in [5.41, 5.74) is -0.152. The first-order valence-electron chi connectivity index (χ1n) is 10.4. The molecule has 0 bridgehead atoms. The number of hydrogen-bond donors (Lipinski definition) is 2. The zero-order valence-corrected chi connectivity index (χ0v) is 18.3. The molecule has 1 amide bonds. The third-order valence-corrected chi connectivity index (χ3v) is 4.68. The van der Waals surface area contributed by atoms with Crippen molar-refractivity contribution >= 4 is 28.5 Å². The first kappa shape index (κ1) is 21.6. The molecule has 3 rings (SSSR count). The quantitative estimate of drug-likeness (QED) is 0.781. The molecule has 0 unspecified atom stereocenters. The van der Waals surface area contributed by atoms with E-state index in [1.165, 1.54) is 0 Å². The molecule has 2 aromatic rings. The highest BCUT2D eigenvalue weighted by molar-refractivity contribution is 5.93. The SMILES string of the molecule is CC(C)Nc1nc(C#N)cc2cnc(N[C@H]3CCCN(C(=O)OC(C)(C)C)C3)cc12. The van der Waals surface area contributed by atoms with E-state index in [9.17, 15) is 10.1 Å². The Morgan fingerprint density at radius 3 is 2.80 bits per heavy atom. The van der Waals surface area contributed by atoms with Gasteiger partial charge in [0.15, 0.2) is 0 Å². The lowest BCUT2D eigenvalue weighted by molar-refractivity contribution is 0.0206. The van der Waals surface area contributed by atoms with E-state index in [-0.39, 0.29) is 18.2 Å². The lowest BCUT2D eigenvalue weighted by Crippen LogP contribution is -2.47. The summed E-state index contributed by atoms with van der Waals surface area (Å²) in [7, 11) is 0. The van der Waals surface area contributed by atoms with Crippen LogP contribution in [0.2, 0.25) is 0 Å². The van der Waals surface area contributed by atoms with Gasteiger partial charge < -0.3 is 20.3 Å². The van der Waals surface area contributed by atoms with Gasteiger partial charge >= 0.3 is 6.09 Å². The summed E-state index contributed by atoms with van der Waals surface area (Å²) in [5, 5.41) is 17.8. The van der Waals surface area contributed by atoms with Crippen LogP contribution in [-0.2, 0) is 4.74 Å². The van der Waals surface area contributed by atoms with Crippen LogP contribution in [-0.4, -0.2) is 51.7 Å². The number of likely N-dealkylation sites (tertiary alicyclic amines) is 1. The molecule has 8 heteroatoms. The number of nitrogens with zero attached hydrogens (tertiary/aromatic N) is 4. The van der Waals surface area contributed by atoms with E-state index in [2.05, 4.69) is 26.7 Å². The van der Waals surface area contributed by atoms with Crippen molar-refractivity contribution in [3.8, 4) is 6.07 Å². The van der Waals surface area contributed by atoms with E-state index in [0.717, 1.165) is 29.4 Å². The normalized spacial score (nSPS) is 17.0. The predicted molar refractivity (Wildman–Crippen MR) is 117 cm³/mol. The summed E-state index contributed by atoms with van der Waals surface area (Å²) in [6.07, 6.45) is 3.32. The molecule has 1 fully saturated rings. The molecule has 0 spiro atoms. The molecule has 160 valence electrons. The summed E-state index contributed by atoms with van der Waals surface area (Å²) in [5.74, 6) is 1.39. The number of nitriles is 1. The van der Waals surface area contributed by atoms with E-state index in [4.69, 9.17) is 4.74 Å². The molecule has 1 aliphatic heterocycles. The second-order valence-corrected chi connectivity index (χ2v) is 8.97. The maximum Gasteiger partial charge on any atom is 0.410 e. The second-order valence-electron chi connectivity index (χ2n) is 8.97. The van der Waals surface area contributed by atoms with Crippen LogP contribution >= 0.6 is 0 Å². The average Bonchev–Trinajstić information content (AvgIpc) is 2.66. The van der Waals surface area contributed by atoms with Crippen molar-refractivity contribution in [1.29, 1.82) is 5.26 Å². The van der Waals surface area contributed by atoms with Crippen LogP contribution in [0.5, 0.6) is 0 Å². The Kier molecular flexibility index (Phi) is 6.30. The number of nitrogens with one attached hydrogen (secondary N) is 2. The Hall–Kier alpha value is -3.08. The lowest BCUT2D eigenvalue weighted by atomic mass is 10.1. The highest BCUT2D eigenvalue weighted by Crippen LogP contribution is 2.26. The summed E-state index contributed by atoms with van der Waals surface area (Å²) in [6.45, 7) is 10.9. The minimum Gasteiger partial charge on any atom is -0.444 e. The molecule has 1 aliphatic rings. The number of hydrogen-bond acceptors (Lipinski definition) is 7. The molecule has 2 N–H and O–H groups in total. The van der Waals surface area contributed by atoms with E-state index in [0.29, 0.717) is 24.6 Å². The zero-order valence-electron chi connectivity index (χ0n) is 18.3. The van der Waals surface area contributed by atoms with E-state index in [1.807, 2.05) is 40.7 Å². The number of ether oxygens (including phenoxy) is 1. The molecule has 30 heavy (non-hydrogen) atoms. The van der Waals surface area contributed by atoms with Gasteiger partial charge in [0.2, 0.25) is 0 Å². The molecule has 0 radical (unpaired) electrons. The lowest BCUT2D eigenvalue weighted by Gasteiger charge is -2.34. The van der Waals surface area contributed by atoms with Crippen LogP contribution < -0.4 is 10.6 Å². The molecule has 0 saturated carbocycles. The largest absolute Gasteiger partial charge is 0.444 e. The number of rotatable bonds is 4. The number of carbonyl (C=O) groups is 1. The van der Waals surface area contributed by atoms with Crippen molar-refractivity contribution in [2.45, 2.75) is 65.1 Å². The zero-order chi connectivity index (χ0) is 21.9. The number of pyridine rings is 2. The molecule has 0 aromatic carbocycles. The molecule has 1 atom stereocenters. The highest BCUT2D eigenvalue weighted by atomic mass is 16.6. The third kappa shape index (κ3) is 5.50. The molecule has 3 heterocycles. The smallest absolute Gasteiger partial charge is 0.410 e. The number of piperidine rings is 1. The Balaban J connectivity index is 1.78. The van der Waals surface area contributed by atoms with Crippen LogP contribution in [0.1, 0.15) is 53.2 Å². The predicted octanol–water partition coefficient (Wildman–Crippen LogP) is 4.13. The monoisotopic (exact) mass is 410 g/mol. The van der Waals surface area contributed by atoms with Crippen molar-refractivity contribution in [2.24, 2.45) is 0 Å². The van der Waals surface area contributed by atoms with Crippen LogP contribution in [0, 0.1) is 11.3 Å². The molecule has 2 aromatic heterocycles. The fraction of sp³-hybridized carbons (Fsp3) is 0.545. The topological polar surface area (TPSA) is 103 Å². The fourth-order valence-corrected chi connectivity index (χ4v) is 3.46. The van der Waals surface area contributed by atoms with Gasteiger partial charge in [-0.25, -0.2) is 14.8 Å². The summed E-state index contributed by atoms with van der Waals surface area (Å²) in [6, 6.07) is 6.05. The third-order valence-electron chi connectivity index (χ3n) is 4.68. The Labute approximate surface area is 177 Å². The second kappa shape index (κ2) is 8.74. The fourth-order valence-electron chi connectivity index (χ4n) is 3.46. The maximum atomic E-state index is 12.4. The van der Waals surface area contributed by atoms with Gasteiger partial charge in [0.05, 0.1) is 0 Å². The molecule has 1 saturated heterocycles. The van der Waals surface area contributed by atoms with Gasteiger partial charge in [0.25, 0.3) is 0 Å². The molecule has 8 nitrogen and oxygen atoms in total. The molecular formula is C22H30N6O2. The number of fused-ring (bicyclic) bond motifs is 1. The molecular weight excluding hydrogens is 380 g/mol. The van der Waals surface area contributed by atoms with Gasteiger partial charge in [0, 0.05) is 42.1 Å². The first-order valence-corrected chi connectivity index (χ1v) is 10.4. The van der Waals surface area contributed by atoms with Crippen molar-refractivity contribution in [3.05, 3.63) is 24.0 Å². The average molecular weight is 411 g/mol. The number of aromatic nitrogens is 2. The van der Waals surface area contributed by atoms with Crippen molar-refractivity contribution in [2.75, 3.05) is 23.7 Å². The van der Waals surface area contributed by atoms with Crippen LogP contribution in [0.3, 0.4) is 0 Å². The first-order chi connectivity index (χ1) is 14.1. The standard InChI is InChI=1S/C22H30N6O2/c1-14(2)25-20-18-10-19(24-12-15(18)9-17(11-23)27-20)26-16-7-6-8-28(13-16)21(29)30-22(3,4)5/h9-10,12,14,16H,6-8,13H2,1-5H3,(H,24,26)(H,25,27)/t16-/m0/s1. The van der Waals surface area contributed by atoms with Crippen molar-refractivity contribution in [3.63, 3.8) is 0 Å². The molecule has 0 aliphatic carbocycles.